The second-order valence-corrected chi connectivity index (χ2v) is 4.38. The molecule has 1 N–H and O–H groups in total. The fourth-order valence-electron chi connectivity index (χ4n) is 2.13. The van der Waals surface area contributed by atoms with Gasteiger partial charge < -0.3 is 14.6 Å². The summed E-state index contributed by atoms with van der Waals surface area (Å²) >= 11 is 0. The number of aromatic nitrogens is 2. The molecule has 94 valence electrons. The van der Waals surface area contributed by atoms with Crippen molar-refractivity contribution in [1.29, 1.82) is 0 Å². The summed E-state index contributed by atoms with van der Waals surface area (Å²) in [7, 11) is 1.97. The molecule has 2 heterocycles. The van der Waals surface area contributed by atoms with Crippen LogP contribution in [0.2, 0.25) is 0 Å². The van der Waals surface area contributed by atoms with Gasteiger partial charge in [-0.05, 0) is 6.92 Å². The molecule has 1 fully saturated rings. The summed E-state index contributed by atoms with van der Waals surface area (Å²) < 4.78 is 1.98. The van der Waals surface area contributed by atoms with Gasteiger partial charge in [0.05, 0.1) is 0 Å². The van der Waals surface area contributed by atoms with Crippen LogP contribution < -0.4 is 4.90 Å². The molecular weight excluding hydrogens is 220 g/mol. The Bertz CT molecular complexity index is 396. The van der Waals surface area contributed by atoms with Crippen LogP contribution in [0.5, 0.6) is 0 Å². The van der Waals surface area contributed by atoms with Gasteiger partial charge in [-0.1, -0.05) is 0 Å². The number of anilines is 1. The van der Waals surface area contributed by atoms with Crippen molar-refractivity contribution in [3.05, 3.63) is 12.4 Å². The summed E-state index contributed by atoms with van der Waals surface area (Å²) in [5, 5.41) is 8.96. The van der Waals surface area contributed by atoms with E-state index in [-0.39, 0.29) is 0 Å². The van der Waals surface area contributed by atoms with Crippen LogP contribution in [-0.2, 0) is 11.8 Å². The van der Waals surface area contributed by atoms with Crippen LogP contribution in [-0.4, -0.2) is 57.7 Å². The van der Waals surface area contributed by atoms with Gasteiger partial charge in [-0.25, -0.2) is 4.98 Å². The van der Waals surface area contributed by atoms with E-state index in [4.69, 9.17) is 5.11 Å². The predicted octanol–water partition coefficient (Wildman–Crippen LogP) is 0.0152. The van der Waals surface area contributed by atoms with E-state index in [1.807, 2.05) is 22.7 Å². The molecule has 1 aromatic rings. The lowest BCUT2D eigenvalue weighted by molar-refractivity contribution is -0.142. The van der Waals surface area contributed by atoms with Crippen LogP contribution in [0.3, 0.4) is 0 Å². The lowest BCUT2D eigenvalue weighted by atomic mass is 10.2. The van der Waals surface area contributed by atoms with E-state index in [0.717, 1.165) is 32.1 Å². The summed E-state index contributed by atoms with van der Waals surface area (Å²) in [6, 6.07) is -0.404. The molecule has 0 aliphatic carbocycles. The van der Waals surface area contributed by atoms with Crippen molar-refractivity contribution in [2.75, 3.05) is 31.1 Å². The number of nitrogens with zero attached hydrogens (tertiary/aromatic N) is 4. The highest BCUT2D eigenvalue weighted by Crippen LogP contribution is 2.14. The SMILES string of the molecule is CC(C(=O)O)N1CCN(c2nccn2C)CC1. The third-order valence-corrected chi connectivity index (χ3v) is 3.30. The topological polar surface area (TPSA) is 61.6 Å². The Labute approximate surface area is 100 Å². The molecule has 1 aliphatic rings. The van der Waals surface area contributed by atoms with Gasteiger partial charge >= 0.3 is 5.97 Å². The highest BCUT2D eigenvalue weighted by molar-refractivity contribution is 5.72. The molecular formula is C11H18N4O2. The Morgan fingerprint density at radius 3 is 2.53 bits per heavy atom. The van der Waals surface area contributed by atoms with E-state index < -0.39 is 12.0 Å². The summed E-state index contributed by atoms with van der Waals surface area (Å²) in [5.74, 6) is 0.197. The molecule has 1 saturated heterocycles. The molecule has 1 aromatic heterocycles. The van der Waals surface area contributed by atoms with Crippen LogP contribution in [0, 0.1) is 0 Å². The van der Waals surface area contributed by atoms with Gasteiger partial charge in [0.15, 0.2) is 0 Å². The molecule has 0 amide bonds. The van der Waals surface area contributed by atoms with Crippen molar-refractivity contribution in [3.63, 3.8) is 0 Å². The Balaban J connectivity index is 1.95. The van der Waals surface area contributed by atoms with E-state index in [0.29, 0.717) is 0 Å². The van der Waals surface area contributed by atoms with E-state index in [9.17, 15) is 4.79 Å². The standard InChI is InChI=1S/C11H18N4O2/c1-9(10(16)17)14-5-7-15(8-6-14)11-12-3-4-13(11)2/h3-4,9H,5-8H2,1-2H3,(H,16,17). The van der Waals surface area contributed by atoms with Gasteiger partial charge in [0, 0.05) is 45.6 Å². The zero-order valence-electron chi connectivity index (χ0n) is 10.2. The monoisotopic (exact) mass is 238 g/mol. The number of hydrogen-bond donors (Lipinski definition) is 1. The number of carboxylic acid groups (broad SMARTS) is 1. The summed E-state index contributed by atoms with van der Waals surface area (Å²) in [6.45, 7) is 4.91. The van der Waals surface area contributed by atoms with Crippen LogP contribution in [0.25, 0.3) is 0 Å². The van der Waals surface area contributed by atoms with Crippen LogP contribution >= 0.6 is 0 Å². The number of piperazine rings is 1. The third-order valence-electron chi connectivity index (χ3n) is 3.30. The van der Waals surface area contributed by atoms with Gasteiger partial charge in [-0.2, -0.15) is 0 Å². The second kappa shape index (κ2) is 4.75. The molecule has 0 saturated carbocycles. The fraction of sp³-hybridized carbons (Fsp3) is 0.636. The largest absolute Gasteiger partial charge is 0.480 e. The Morgan fingerprint density at radius 1 is 1.41 bits per heavy atom. The quantitative estimate of drug-likeness (QED) is 0.804. The average Bonchev–Trinajstić information content (AvgIpc) is 2.74. The molecule has 0 bridgehead atoms. The predicted molar refractivity (Wildman–Crippen MR) is 64.1 cm³/mol. The fourth-order valence-corrected chi connectivity index (χ4v) is 2.13. The van der Waals surface area contributed by atoms with Gasteiger partial charge in [0.1, 0.15) is 6.04 Å². The van der Waals surface area contributed by atoms with Gasteiger partial charge in [-0.3, -0.25) is 9.69 Å². The first kappa shape index (κ1) is 11.9. The first-order chi connectivity index (χ1) is 8.09. The number of rotatable bonds is 3. The van der Waals surface area contributed by atoms with Crippen LogP contribution in [0.4, 0.5) is 5.95 Å². The number of imidazole rings is 1. The minimum atomic E-state index is -0.754. The third kappa shape index (κ3) is 2.41. The molecule has 0 spiro atoms. The minimum absolute atomic E-state index is 0.404. The normalized spacial score (nSPS) is 19.3. The highest BCUT2D eigenvalue weighted by Gasteiger charge is 2.26. The Kier molecular flexibility index (Phi) is 3.33. The maximum Gasteiger partial charge on any atom is 0.320 e. The minimum Gasteiger partial charge on any atom is -0.480 e. The summed E-state index contributed by atoms with van der Waals surface area (Å²) in [5.41, 5.74) is 0. The van der Waals surface area contributed by atoms with Crippen molar-refractivity contribution < 1.29 is 9.90 Å². The molecule has 1 atom stereocenters. The molecule has 0 radical (unpaired) electrons. The van der Waals surface area contributed by atoms with E-state index in [1.165, 1.54) is 0 Å². The number of aliphatic carboxylic acids is 1. The molecule has 17 heavy (non-hydrogen) atoms. The molecule has 0 aromatic carbocycles. The van der Waals surface area contributed by atoms with Gasteiger partial charge in [-0.15, -0.1) is 0 Å². The smallest absolute Gasteiger partial charge is 0.320 e. The average molecular weight is 238 g/mol. The maximum absolute atomic E-state index is 10.9. The lowest BCUT2D eigenvalue weighted by Crippen LogP contribution is -2.52. The first-order valence-corrected chi connectivity index (χ1v) is 5.78. The Morgan fingerprint density at radius 2 is 2.06 bits per heavy atom. The number of aryl methyl sites for hydroxylation is 1. The van der Waals surface area contributed by atoms with Gasteiger partial charge in [0.2, 0.25) is 5.95 Å². The second-order valence-electron chi connectivity index (χ2n) is 4.38. The Hall–Kier alpha value is -1.56. The van der Waals surface area contributed by atoms with Gasteiger partial charge in [0.25, 0.3) is 0 Å². The maximum atomic E-state index is 10.9. The van der Waals surface area contributed by atoms with E-state index in [1.54, 1.807) is 13.1 Å². The van der Waals surface area contributed by atoms with Crippen LogP contribution in [0.15, 0.2) is 12.4 Å². The molecule has 1 aliphatic heterocycles. The summed E-state index contributed by atoms with van der Waals surface area (Å²) in [6.07, 6.45) is 3.70. The molecule has 2 rings (SSSR count). The molecule has 6 nitrogen and oxygen atoms in total. The number of carboxylic acids is 1. The van der Waals surface area contributed by atoms with Crippen molar-refractivity contribution in [2.24, 2.45) is 7.05 Å². The van der Waals surface area contributed by atoms with Crippen molar-refractivity contribution >= 4 is 11.9 Å². The van der Waals surface area contributed by atoms with Crippen LogP contribution in [0.1, 0.15) is 6.92 Å². The van der Waals surface area contributed by atoms with E-state index >= 15 is 0 Å². The summed E-state index contributed by atoms with van der Waals surface area (Å²) in [4.78, 5) is 19.4. The highest BCUT2D eigenvalue weighted by atomic mass is 16.4. The number of hydrogen-bond acceptors (Lipinski definition) is 4. The zero-order chi connectivity index (χ0) is 12.4. The van der Waals surface area contributed by atoms with Crippen molar-refractivity contribution in [3.8, 4) is 0 Å². The van der Waals surface area contributed by atoms with Crippen molar-refractivity contribution in [1.82, 2.24) is 14.5 Å². The van der Waals surface area contributed by atoms with Crippen molar-refractivity contribution in [2.45, 2.75) is 13.0 Å². The lowest BCUT2D eigenvalue weighted by Gasteiger charge is -2.36. The molecule has 1 unspecified atom stereocenters. The van der Waals surface area contributed by atoms with E-state index in [2.05, 4.69) is 9.88 Å². The molecule has 6 heteroatoms. The number of carbonyl (C=O) groups is 1. The first-order valence-electron chi connectivity index (χ1n) is 5.78. The zero-order valence-corrected chi connectivity index (χ0v) is 10.2.